The summed E-state index contributed by atoms with van der Waals surface area (Å²) < 4.78 is 0. The molecule has 0 heterocycles. The zero-order valence-corrected chi connectivity index (χ0v) is 10.1. The van der Waals surface area contributed by atoms with Crippen LogP contribution in [0.1, 0.15) is 48.5 Å². The Bertz CT molecular complexity index is 42.3. The van der Waals surface area contributed by atoms with Crippen LogP contribution in [0.5, 0.6) is 0 Å². The van der Waals surface area contributed by atoms with E-state index >= 15 is 0 Å². The van der Waals surface area contributed by atoms with Gasteiger partial charge in [-0.1, -0.05) is 48.5 Å². The van der Waals surface area contributed by atoms with Crippen LogP contribution in [0.4, 0.5) is 0 Å². The van der Waals surface area contributed by atoms with Gasteiger partial charge in [0.1, 0.15) is 0 Å². The number of hydrogen-bond donors (Lipinski definition) is 1. The Morgan fingerprint density at radius 3 is 1.08 bits per heavy atom. The highest BCUT2D eigenvalue weighted by Gasteiger charge is 1.68. The Hall–Kier alpha value is -0.530. The van der Waals surface area contributed by atoms with E-state index in [1.807, 2.05) is 27.7 Å². The minimum absolute atomic E-state index is 0.625. The van der Waals surface area contributed by atoms with Crippen molar-refractivity contribution in [3.05, 3.63) is 0 Å². The summed E-state index contributed by atoms with van der Waals surface area (Å²) in [6.07, 6.45) is 0.625. The summed E-state index contributed by atoms with van der Waals surface area (Å²) in [5, 5.41) is 2.25. The lowest BCUT2D eigenvalue weighted by Crippen LogP contribution is -1.98. The summed E-state index contributed by atoms with van der Waals surface area (Å²) in [4.78, 5) is 9.06. The molecule has 0 aliphatic rings. The molecule has 0 fully saturated rings. The summed E-state index contributed by atoms with van der Waals surface area (Å²) in [6.45, 7) is 14.5. The molecule has 2 heteroatoms. The van der Waals surface area contributed by atoms with E-state index in [0.29, 0.717) is 6.41 Å². The first-order valence-electron chi connectivity index (χ1n) is 4.76. The van der Waals surface area contributed by atoms with Crippen molar-refractivity contribution >= 4 is 6.41 Å². The van der Waals surface area contributed by atoms with E-state index in [1.54, 1.807) is 7.05 Å². The molecule has 0 unspecified atom stereocenters. The van der Waals surface area contributed by atoms with Crippen molar-refractivity contribution in [1.29, 1.82) is 0 Å². The number of hydrogen-bond acceptors (Lipinski definition) is 1. The van der Waals surface area contributed by atoms with Gasteiger partial charge in [-0.25, -0.2) is 0 Å². The molecule has 78 valence electrons. The third kappa shape index (κ3) is 3080. The van der Waals surface area contributed by atoms with Gasteiger partial charge >= 0.3 is 0 Å². The quantitative estimate of drug-likeness (QED) is 0.613. The van der Waals surface area contributed by atoms with Crippen LogP contribution < -0.4 is 5.32 Å². The monoisotopic (exact) mass is 177 g/mol. The molecule has 0 aromatic carbocycles. The fourth-order valence-corrected chi connectivity index (χ4v) is 0. The van der Waals surface area contributed by atoms with Gasteiger partial charge in [0.25, 0.3) is 0 Å². The third-order valence-electron chi connectivity index (χ3n) is 0.118. The predicted octanol–water partition coefficient (Wildman–Crippen LogP) is 3.08. The Morgan fingerprint density at radius 1 is 1.00 bits per heavy atom. The van der Waals surface area contributed by atoms with E-state index in [4.69, 9.17) is 4.79 Å². The van der Waals surface area contributed by atoms with Gasteiger partial charge in [0.2, 0.25) is 6.41 Å². The highest BCUT2D eigenvalue weighted by molar-refractivity contribution is 5.44. The van der Waals surface area contributed by atoms with Gasteiger partial charge in [0, 0.05) is 7.05 Å². The van der Waals surface area contributed by atoms with Crippen LogP contribution in [0.2, 0.25) is 0 Å². The van der Waals surface area contributed by atoms with Crippen molar-refractivity contribution in [3.63, 3.8) is 0 Å². The molecule has 0 saturated heterocycles. The van der Waals surface area contributed by atoms with Crippen molar-refractivity contribution in [2.45, 2.75) is 48.5 Å². The molecule has 2 nitrogen and oxygen atoms in total. The van der Waals surface area contributed by atoms with Crippen molar-refractivity contribution in [2.24, 2.45) is 5.92 Å². The fraction of sp³-hybridized carbons (Fsp3) is 0.900. The highest BCUT2D eigenvalue weighted by atomic mass is 16.1. The maximum Gasteiger partial charge on any atom is 0.206 e. The summed E-state index contributed by atoms with van der Waals surface area (Å²) in [7, 11) is 1.56. The zero-order valence-electron chi connectivity index (χ0n) is 10.1. The fourth-order valence-electron chi connectivity index (χ4n) is 0. The molecule has 0 bridgehead atoms. The first-order valence-corrected chi connectivity index (χ1v) is 4.76. The minimum atomic E-state index is 0.625. The van der Waals surface area contributed by atoms with Crippen LogP contribution in [0, 0.1) is 5.92 Å². The Kier molecular flexibility index (Phi) is 88.2. The molecule has 0 aromatic heterocycles. The predicted molar refractivity (Wildman–Crippen MR) is 58.3 cm³/mol. The average Bonchev–Trinajstić information content (AvgIpc) is 2.10. The molecule has 0 saturated carbocycles. The largest absolute Gasteiger partial charge is 0.362 e. The molecule has 0 radical (unpaired) electrons. The number of rotatable bonds is 1. The Labute approximate surface area is 78.8 Å². The van der Waals surface area contributed by atoms with Crippen molar-refractivity contribution in [2.75, 3.05) is 7.05 Å². The summed E-state index contributed by atoms with van der Waals surface area (Å²) in [5.74, 6) is 0.833. The Balaban J connectivity index is -0.0000000380. The van der Waals surface area contributed by atoms with Gasteiger partial charge in [0.15, 0.2) is 0 Å². The summed E-state index contributed by atoms with van der Waals surface area (Å²) in [5.41, 5.74) is 0. The molecule has 0 atom stereocenters. The van der Waals surface area contributed by atoms with Crippen molar-refractivity contribution < 1.29 is 4.79 Å². The van der Waals surface area contributed by atoms with Gasteiger partial charge in [-0.2, -0.15) is 0 Å². The van der Waals surface area contributed by atoms with Crippen LogP contribution in [0.25, 0.3) is 0 Å². The molecule has 12 heavy (non-hydrogen) atoms. The zero-order chi connectivity index (χ0) is 11.0. The average molecular weight is 177 g/mol. The third-order valence-corrected chi connectivity index (χ3v) is 0.118. The van der Waals surface area contributed by atoms with Crippen molar-refractivity contribution in [1.82, 2.24) is 5.32 Å². The number of nitrogens with one attached hydrogen (secondary N) is 1. The van der Waals surface area contributed by atoms with E-state index in [0.717, 1.165) is 5.92 Å². The normalized spacial score (nSPS) is 5.75. The molecule has 1 amide bonds. The van der Waals surface area contributed by atoms with Crippen LogP contribution in [0.3, 0.4) is 0 Å². The minimum Gasteiger partial charge on any atom is -0.362 e. The lowest BCUT2D eigenvalue weighted by Gasteiger charge is -1.79. The molecule has 1 N–H and O–H groups in total. The van der Waals surface area contributed by atoms with Crippen LogP contribution in [-0.2, 0) is 4.79 Å². The van der Waals surface area contributed by atoms with Crippen LogP contribution in [0.15, 0.2) is 0 Å². The van der Waals surface area contributed by atoms with Gasteiger partial charge in [-0.05, 0) is 5.92 Å². The summed E-state index contributed by atoms with van der Waals surface area (Å²) >= 11 is 0. The van der Waals surface area contributed by atoms with E-state index in [2.05, 4.69) is 26.1 Å². The molecular weight excluding hydrogens is 150 g/mol. The van der Waals surface area contributed by atoms with Gasteiger partial charge < -0.3 is 5.32 Å². The summed E-state index contributed by atoms with van der Waals surface area (Å²) in [6, 6.07) is 0. The van der Waals surface area contributed by atoms with Gasteiger partial charge in [-0.15, -0.1) is 0 Å². The smallest absolute Gasteiger partial charge is 0.206 e. The molecule has 0 aliphatic carbocycles. The van der Waals surface area contributed by atoms with E-state index in [9.17, 15) is 0 Å². The maximum absolute atomic E-state index is 9.06. The van der Waals surface area contributed by atoms with Gasteiger partial charge in [-0.3, -0.25) is 4.79 Å². The SMILES string of the molecule is CC.CC.CC(C)C.CNC=O. The van der Waals surface area contributed by atoms with Crippen LogP contribution in [-0.4, -0.2) is 13.5 Å². The van der Waals surface area contributed by atoms with Crippen LogP contribution >= 0.6 is 0 Å². The first-order chi connectivity index (χ1) is 5.65. The molecule has 0 spiro atoms. The first kappa shape index (κ1) is 22.5. The highest BCUT2D eigenvalue weighted by Crippen LogP contribution is 1.81. The second-order valence-electron chi connectivity index (χ2n) is 2.14. The lowest BCUT2D eigenvalue weighted by atomic mass is 10.3. The second-order valence-corrected chi connectivity index (χ2v) is 2.14. The number of carbonyl (C=O) groups is 1. The van der Waals surface area contributed by atoms with E-state index < -0.39 is 0 Å². The molecule has 0 aromatic rings. The van der Waals surface area contributed by atoms with Crippen molar-refractivity contribution in [3.8, 4) is 0 Å². The number of amides is 1. The van der Waals surface area contributed by atoms with Gasteiger partial charge in [0.05, 0.1) is 0 Å². The maximum atomic E-state index is 9.06. The molecule has 0 rings (SSSR count). The standard InChI is InChI=1S/C4H10.C2H5NO.2C2H6/c1-4(2)3;1-3-2-4;2*1-2/h4H,1-3H3;2H,1H3,(H,3,4);2*1-2H3. The van der Waals surface area contributed by atoms with E-state index in [1.165, 1.54) is 0 Å². The lowest BCUT2D eigenvalue weighted by molar-refractivity contribution is -0.109. The van der Waals surface area contributed by atoms with E-state index in [-0.39, 0.29) is 0 Å². The molecular formula is C10H27NO. The number of carbonyl (C=O) groups excluding carboxylic acids is 1. The topological polar surface area (TPSA) is 29.1 Å². The Morgan fingerprint density at radius 2 is 1.08 bits per heavy atom. The molecule has 0 aliphatic heterocycles. The second kappa shape index (κ2) is 47.0.